The Hall–Kier alpha value is -3.63. The number of benzene rings is 1. The molecule has 0 aliphatic rings. The minimum Gasteiger partial charge on any atom is -0.493 e. The average molecular weight is 405 g/mol. The lowest BCUT2D eigenvalue weighted by Crippen LogP contribution is -2.12. The summed E-state index contributed by atoms with van der Waals surface area (Å²) in [6, 6.07) is 3.10. The number of methoxy groups -OCH3 is 2. The van der Waals surface area contributed by atoms with Crippen LogP contribution in [0.4, 0.5) is 13.2 Å². The van der Waals surface area contributed by atoms with Gasteiger partial charge < -0.3 is 14.5 Å². The highest BCUT2D eigenvalue weighted by Crippen LogP contribution is 2.30. The number of fused-ring (bicyclic) bond motifs is 2. The zero-order valence-corrected chi connectivity index (χ0v) is 15.2. The van der Waals surface area contributed by atoms with Crippen molar-refractivity contribution in [1.29, 1.82) is 0 Å². The summed E-state index contributed by atoms with van der Waals surface area (Å²) in [7, 11) is 2.93. The van der Waals surface area contributed by atoms with Gasteiger partial charge in [0.05, 0.1) is 36.4 Å². The van der Waals surface area contributed by atoms with E-state index in [1.165, 1.54) is 30.9 Å². The number of hydrogen-bond acceptors (Lipinski definition) is 6. The molecule has 150 valence electrons. The Bertz CT molecular complexity index is 1280. The fourth-order valence-corrected chi connectivity index (χ4v) is 2.94. The lowest BCUT2D eigenvalue weighted by Gasteiger charge is -2.09. The molecule has 0 fully saturated rings. The zero-order chi connectivity index (χ0) is 20.8. The van der Waals surface area contributed by atoms with E-state index in [2.05, 4.69) is 19.9 Å². The van der Waals surface area contributed by atoms with Crippen molar-refractivity contribution in [2.75, 3.05) is 14.2 Å². The molecule has 0 spiro atoms. The van der Waals surface area contributed by atoms with E-state index in [1.807, 2.05) is 0 Å². The Balaban J connectivity index is 1.73. The van der Waals surface area contributed by atoms with Crippen LogP contribution >= 0.6 is 0 Å². The molecule has 0 unspecified atom stereocenters. The number of alkyl halides is 3. The van der Waals surface area contributed by atoms with Crippen molar-refractivity contribution in [3.05, 3.63) is 58.2 Å². The molecule has 8 nitrogen and oxygen atoms in total. The molecular weight excluding hydrogens is 391 g/mol. The molecule has 0 aliphatic heterocycles. The van der Waals surface area contributed by atoms with Crippen LogP contribution in [-0.4, -0.2) is 38.6 Å². The van der Waals surface area contributed by atoms with Crippen LogP contribution in [-0.2, 0) is 12.6 Å². The van der Waals surface area contributed by atoms with Crippen molar-refractivity contribution in [2.45, 2.75) is 12.6 Å². The highest BCUT2D eigenvalue weighted by molar-refractivity contribution is 5.81. The molecule has 0 radical (unpaired) electrons. The number of H-pyrrole nitrogens is 1. The molecule has 11 heteroatoms. The fraction of sp³-hybridized carbons (Fsp3) is 0.222. The van der Waals surface area contributed by atoms with Crippen molar-refractivity contribution in [3.63, 3.8) is 0 Å². The largest absolute Gasteiger partial charge is 0.493 e. The third-order valence-corrected chi connectivity index (χ3v) is 4.30. The number of aromatic nitrogens is 5. The molecule has 0 bridgehead atoms. The van der Waals surface area contributed by atoms with Gasteiger partial charge in [-0.3, -0.25) is 9.20 Å². The predicted octanol–water partition coefficient (Wildman–Crippen LogP) is 2.59. The second-order valence-corrected chi connectivity index (χ2v) is 6.19. The Kier molecular flexibility index (Phi) is 4.36. The molecule has 0 atom stereocenters. The first kappa shape index (κ1) is 18.7. The lowest BCUT2D eigenvalue weighted by atomic mass is 10.2. The van der Waals surface area contributed by atoms with Gasteiger partial charge >= 0.3 is 6.18 Å². The van der Waals surface area contributed by atoms with E-state index < -0.39 is 11.7 Å². The first-order valence-electron chi connectivity index (χ1n) is 8.34. The summed E-state index contributed by atoms with van der Waals surface area (Å²) >= 11 is 0. The average Bonchev–Trinajstić information content (AvgIpc) is 3.07. The molecule has 4 aromatic rings. The van der Waals surface area contributed by atoms with Gasteiger partial charge in [0.25, 0.3) is 5.56 Å². The summed E-state index contributed by atoms with van der Waals surface area (Å²) in [5.74, 6) is 1.23. The van der Waals surface area contributed by atoms with Crippen LogP contribution in [0.15, 0.2) is 35.5 Å². The van der Waals surface area contributed by atoms with Gasteiger partial charge in [-0.05, 0) is 6.07 Å². The van der Waals surface area contributed by atoms with Gasteiger partial charge in [-0.1, -0.05) is 0 Å². The summed E-state index contributed by atoms with van der Waals surface area (Å²) in [6.07, 6.45) is -1.36. The Morgan fingerprint density at radius 2 is 1.83 bits per heavy atom. The number of ether oxygens (including phenoxy) is 2. The first-order valence-corrected chi connectivity index (χ1v) is 8.34. The van der Waals surface area contributed by atoms with Crippen molar-refractivity contribution in [1.82, 2.24) is 24.3 Å². The van der Waals surface area contributed by atoms with E-state index in [0.717, 1.165) is 12.4 Å². The number of rotatable bonds is 4. The van der Waals surface area contributed by atoms with Crippen LogP contribution in [0.5, 0.6) is 11.5 Å². The quantitative estimate of drug-likeness (QED) is 0.561. The van der Waals surface area contributed by atoms with Crippen molar-refractivity contribution >= 4 is 16.7 Å². The predicted molar refractivity (Wildman–Crippen MR) is 96.3 cm³/mol. The minimum absolute atomic E-state index is 0.101. The number of imidazole rings is 1. The maximum atomic E-state index is 12.8. The fourth-order valence-electron chi connectivity index (χ4n) is 2.94. The van der Waals surface area contributed by atoms with Crippen LogP contribution in [0.2, 0.25) is 0 Å². The molecule has 0 saturated heterocycles. The highest BCUT2D eigenvalue weighted by atomic mass is 19.4. The van der Waals surface area contributed by atoms with E-state index in [9.17, 15) is 18.0 Å². The molecule has 29 heavy (non-hydrogen) atoms. The summed E-state index contributed by atoms with van der Waals surface area (Å²) in [4.78, 5) is 27.4. The highest BCUT2D eigenvalue weighted by Gasteiger charge is 2.31. The third-order valence-electron chi connectivity index (χ3n) is 4.30. The third kappa shape index (κ3) is 3.46. The van der Waals surface area contributed by atoms with Gasteiger partial charge in [0, 0.05) is 31.1 Å². The Morgan fingerprint density at radius 1 is 1.10 bits per heavy atom. The second kappa shape index (κ2) is 6.76. The monoisotopic (exact) mass is 405 g/mol. The van der Waals surface area contributed by atoms with Gasteiger partial charge in [-0.15, -0.1) is 0 Å². The normalized spacial score (nSPS) is 11.9. The van der Waals surface area contributed by atoms with Crippen molar-refractivity contribution < 1.29 is 22.6 Å². The molecule has 3 heterocycles. The smallest absolute Gasteiger partial charge is 0.419 e. The summed E-state index contributed by atoms with van der Waals surface area (Å²) in [6.45, 7) is 0. The molecular formula is C18H14F3N5O3. The number of hydrogen-bond donors (Lipinski definition) is 1. The molecule has 0 amide bonds. The topological polar surface area (TPSA) is 94.4 Å². The molecule has 1 aromatic carbocycles. The van der Waals surface area contributed by atoms with Gasteiger partial charge in [0.15, 0.2) is 11.5 Å². The van der Waals surface area contributed by atoms with Crippen LogP contribution in [0.3, 0.4) is 0 Å². The molecule has 0 aliphatic carbocycles. The number of nitrogens with zero attached hydrogens (tertiary/aromatic N) is 4. The summed E-state index contributed by atoms with van der Waals surface area (Å²) in [5, 5.41) is 0.317. The second-order valence-electron chi connectivity index (χ2n) is 6.19. The number of nitrogens with one attached hydrogen (secondary N) is 1. The van der Waals surface area contributed by atoms with Crippen LogP contribution < -0.4 is 15.0 Å². The zero-order valence-electron chi connectivity index (χ0n) is 15.2. The standard InChI is InChI=1S/C18H14F3N5O3/c1-28-13-4-11-12(5-14(13)29-2)24-15(25-16(11)27)3-10-8-26-7-9(18(19,20)21)6-22-17(26)23-10/h4-8H,3H2,1-2H3,(H,24,25,27). The molecule has 3 aromatic heterocycles. The lowest BCUT2D eigenvalue weighted by molar-refractivity contribution is -0.138. The Labute approximate surface area is 161 Å². The molecule has 0 saturated carbocycles. The minimum atomic E-state index is -4.50. The van der Waals surface area contributed by atoms with Gasteiger partial charge in [0.2, 0.25) is 5.78 Å². The van der Waals surface area contributed by atoms with E-state index in [-0.39, 0.29) is 17.8 Å². The van der Waals surface area contributed by atoms with E-state index >= 15 is 0 Å². The maximum Gasteiger partial charge on any atom is 0.419 e. The van der Waals surface area contributed by atoms with Gasteiger partial charge in [0.1, 0.15) is 5.82 Å². The molecule has 4 rings (SSSR count). The molecule has 1 N–H and O–H groups in total. The summed E-state index contributed by atoms with van der Waals surface area (Å²) < 4.78 is 50.1. The summed E-state index contributed by atoms with van der Waals surface area (Å²) in [5.41, 5.74) is -0.470. The number of halogens is 3. The number of aromatic amines is 1. The van der Waals surface area contributed by atoms with Crippen molar-refractivity contribution in [2.24, 2.45) is 0 Å². The van der Waals surface area contributed by atoms with Crippen LogP contribution in [0, 0.1) is 0 Å². The first-order chi connectivity index (χ1) is 13.8. The van der Waals surface area contributed by atoms with Crippen LogP contribution in [0.25, 0.3) is 16.7 Å². The van der Waals surface area contributed by atoms with Crippen molar-refractivity contribution in [3.8, 4) is 11.5 Å². The van der Waals surface area contributed by atoms with E-state index in [0.29, 0.717) is 33.9 Å². The van der Waals surface area contributed by atoms with E-state index in [1.54, 1.807) is 6.07 Å². The SMILES string of the molecule is COc1cc2nc(Cc3cn4cc(C(F)(F)F)cnc4n3)[nH]c(=O)c2cc1OC. The van der Waals surface area contributed by atoms with E-state index in [4.69, 9.17) is 9.47 Å². The van der Waals surface area contributed by atoms with Gasteiger partial charge in [-0.2, -0.15) is 13.2 Å². The maximum absolute atomic E-state index is 12.8. The van der Waals surface area contributed by atoms with Crippen LogP contribution in [0.1, 0.15) is 17.1 Å². The van der Waals surface area contributed by atoms with Gasteiger partial charge in [-0.25, -0.2) is 15.0 Å². The Morgan fingerprint density at radius 3 is 2.52 bits per heavy atom.